The SMILES string of the molecule is CCc1ccccc1NC(=O)c1ccc(Br)nc1. The molecule has 92 valence electrons. The van der Waals surface area contributed by atoms with Crippen molar-refractivity contribution >= 4 is 27.5 Å². The number of para-hydroxylation sites is 1. The lowest BCUT2D eigenvalue weighted by Crippen LogP contribution is -2.13. The first-order chi connectivity index (χ1) is 8.70. The summed E-state index contributed by atoms with van der Waals surface area (Å²) in [6.07, 6.45) is 2.43. The molecule has 4 heteroatoms. The molecule has 0 aliphatic carbocycles. The molecule has 0 unspecified atom stereocenters. The van der Waals surface area contributed by atoms with E-state index in [1.807, 2.05) is 24.3 Å². The molecule has 2 rings (SSSR count). The molecule has 0 aliphatic rings. The third-order valence-electron chi connectivity index (χ3n) is 2.64. The number of rotatable bonds is 3. The lowest BCUT2D eigenvalue weighted by Gasteiger charge is -2.09. The Kier molecular flexibility index (Phi) is 4.10. The van der Waals surface area contributed by atoms with E-state index in [1.54, 1.807) is 18.3 Å². The molecule has 1 aromatic heterocycles. The van der Waals surface area contributed by atoms with Crippen molar-refractivity contribution in [2.75, 3.05) is 5.32 Å². The van der Waals surface area contributed by atoms with Crippen molar-refractivity contribution < 1.29 is 4.79 Å². The highest BCUT2D eigenvalue weighted by Gasteiger charge is 2.08. The van der Waals surface area contributed by atoms with Crippen LogP contribution in [0.4, 0.5) is 5.69 Å². The van der Waals surface area contributed by atoms with Crippen LogP contribution in [-0.2, 0) is 6.42 Å². The first-order valence-corrected chi connectivity index (χ1v) is 6.51. The number of anilines is 1. The summed E-state index contributed by atoms with van der Waals surface area (Å²) < 4.78 is 0.716. The largest absolute Gasteiger partial charge is 0.322 e. The summed E-state index contributed by atoms with van der Waals surface area (Å²) in [6, 6.07) is 11.3. The van der Waals surface area contributed by atoms with Gasteiger partial charge in [0.2, 0.25) is 0 Å². The van der Waals surface area contributed by atoms with Gasteiger partial charge in [-0.25, -0.2) is 4.98 Å². The van der Waals surface area contributed by atoms with Crippen LogP contribution in [0.25, 0.3) is 0 Å². The predicted octanol–water partition coefficient (Wildman–Crippen LogP) is 3.66. The second-order valence-corrected chi connectivity index (χ2v) is 4.65. The Morgan fingerprint density at radius 1 is 1.28 bits per heavy atom. The molecule has 0 aliphatic heterocycles. The second kappa shape index (κ2) is 5.78. The van der Waals surface area contributed by atoms with Crippen LogP contribution in [0.1, 0.15) is 22.8 Å². The molecule has 1 aromatic carbocycles. The molecule has 0 bridgehead atoms. The zero-order valence-electron chi connectivity index (χ0n) is 9.98. The topological polar surface area (TPSA) is 42.0 Å². The number of amides is 1. The van der Waals surface area contributed by atoms with E-state index in [-0.39, 0.29) is 5.91 Å². The molecule has 18 heavy (non-hydrogen) atoms. The number of benzene rings is 1. The number of hydrogen-bond acceptors (Lipinski definition) is 2. The van der Waals surface area contributed by atoms with Crippen LogP contribution in [0.3, 0.4) is 0 Å². The summed E-state index contributed by atoms with van der Waals surface area (Å²) in [5, 5.41) is 2.90. The van der Waals surface area contributed by atoms with E-state index >= 15 is 0 Å². The van der Waals surface area contributed by atoms with Crippen molar-refractivity contribution in [2.45, 2.75) is 13.3 Å². The molecule has 0 atom stereocenters. The van der Waals surface area contributed by atoms with Gasteiger partial charge in [-0.05, 0) is 46.1 Å². The fourth-order valence-corrected chi connectivity index (χ4v) is 1.89. The smallest absolute Gasteiger partial charge is 0.257 e. The number of pyridine rings is 1. The number of aryl methyl sites for hydroxylation is 1. The van der Waals surface area contributed by atoms with Gasteiger partial charge >= 0.3 is 0 Å². The Bertz CT molecular complexity index is 552. The lowest BCUT2D eigenvalue weighted by atomic mass is 10.1. The fraction of sp³-hybridized carbons (Fsp3) is 0.143. The fourth-order valence-electron chi connectivity index (χ4n) is 1.66. The van der Waals surface area contributed by atoms with Gasteiger partial charge in [-0.2, -0.15) is 0 Å². The number of nitrogens with one attached hydrogen (secondary N) is 1. The van der Waals surface area contributed by atoms with Crippen LogP contribution in [-0.4, -0.2) is 10.9 Å². The number of carbonyl (C=O) groups is 1. The van der Waals surface area contributed by atoms with Crippen LogP contribution in [0.2, 0.25) is 0 Å². The summed E-state index contributed by atoms with van der Waals surface area (Å²) in [7, 11) is 0. The molecular formula is C14H13BrN2O. The number of carbonyl (C=O) groups excluding carboxylic acids is 1. The quantitative estimate of drug-likeness (QED) is 0.879. The van der Waals surface area contributed by atoms with Crippen molar-refractivity contribution in [3.8, 4) is 0 Å². The number of nitrogens with zero attached hydrogens (tertiary/aromatic N) is 1. The molecule has 0 spiro atoms. The molecule has 1 N–H and O–H groups in total. The summed E-state index contributed by atoms with van der Waals surface area (Å²) in [6.45, 7) is 2.06. The number of hydrogen-bond donors (Lipinski definition) is 1. The number of halogens is 1. The van der Waals surface area contributed by atoms with Crippen LogP contribution in [0.5, 0.6) is 0 Å². The van der Waals surface area contributed by atoms with Gasteiger partial charge in [-0.1, -0.05) is 25.1 Å². The molecule has 0 radical (unpaired) electrons. The maximum atomic E-state index is 12.0. The van der Waals surface area contributed by atoms with E-state index in [0.717, 1.165) is 17.7 Å². The Morgan fingerprint density at radius 3 is 2.72 bits per heavy atom. The van der Waals surface area contributed by atoms with E-state index < -0.39 is 0 Å². The Morgan fingerprint density at radius 2 is 2.06 bits per heavy atom. The van der Waals surface area contributed by atoms with E-state index in [4.69, 9.17) is 0 Å². The highest BCUT2D eigenvalue weighted by molar-refractivity contribution is 9.10. The maximum absolute atomic E-state index is 12.0. The molecule has 3 nitrogen and oxygen atoms in total. The zero-order chi connectivity index (χ0) is 13.0. The third-order valence-corrected chi connectivity index (χ3v) is 3.11. The maximum Gasteiger partial charge on any atom is 0.257 e. The van der Waals surface area contributed by atoms with Crippen LogP contribution in [0.15, 0.2) is 47.2 Å². The van der Waals surface area contributed by atoms with Crippen molar-refractivity contribution in [2.24, 2.45) is 0 Å². The molecule has 1 heterocycles. The summed E-state index contributed by atoms with van der Waals surface area (Å²) >= 11 is 3.24. The average Bonchev–Trinajstić information content (AvgIpc) is 2.40. The van der Waals surface area contributed by atoms with E-state index in [9.17, 15) is 4.79 Å². The zero-order valence-corrected chi connectivity index (χ0v) is 11.6. The van der Waals surface area contributed by atoms with Crippen LogP contribution in [0, 0.1) is 0 Å². The van der Waals surface area contributed by atoms with Gasteiger partial charge < -0.3 is 5.32 Å². The van der Waals surface area contributed by atoms with Gasteiger partial charge in [0.25, 0.3) is 5.91 Å². The monoisotopic (exact) mass is 304 g/mol. The molecule has 0 saturated heterocycles. The van der Waals surface area contributed by atoms with Crippen LogP contribution < -0.4 is 5.32 Å². The summed E-state index contributed by atoms with van der Waals surface area (Å²) in [4.78, 5) is 16.1. The first-order valence-electron chi connectivity index (χ1n) is 5.71. The minimum atomic E-state index is -0.143. The summed E-state index contributed by atoms with van der Waals surface area (Å²) in [5.74, 6) is -0.143. The summed E-state index contributed by atoms with van der Waals surface area (Å²) in [5.41, 5.74) is 2.52. The Labute approximate surface area is 114 Å². The molecule has 2 aromatic rings. The molecule has 0 fully saturated rings. The van der Waals surface area contributed by atoms with Crippen molar-refractivity contribution in [1.29, 1.82) is 0 Å². The normalized spacial score (nSPS) is 10.1. The van der Waals surface area contributed by atoms with Gasteiger partial charge in [-0.3, -0.25) is 4.79 Å². The van der Waals surface area contributed by atoms with Gasteiger partial charge in [0.05, 0.1) is 5.56 Å². The first kappa shape index (κ1) is 12.8. The molecule has 1 amide bonds. The standard InChI is InChI=1S/C14H13BrN2O/c1-2-10-5-3-4-6-12(10)17-14(18)11-7-8-13(15)16-9-11/h3-9H,2H2,1H3,(H,17,18). The lowest BCUT2D eigenvalue weighted by molar-refractivity contribution is 0.102. The van der Waals surface area contributed by atoms with Gasteiger partial charge in [0.1, 0.15) is 4.60 Å². The van der Waals surface area contributed by atoms with E-state index in [1.165, 1.54) is 0 Å². The van der Waals surface area contributed by atoms with Gasteiger partial charge in [-0.15, -0.1) is 0 Å². The average molecular weight is 305 g/mol. The Hall–Kier alpha value is -1.68. The molecule has 0 saturated carbocycles. The minimum Gasteiger partial charge on any atom is -0.322 e. The van der Waals surface area contributed by atoms with E-state index in [0.29, 0.717) is 10.2 Å². The van der Waals surface area contributed by atoms with Gasteiger partial charge in [0, 0.05) is 11.9 Å². The van der Waals surface area contributed by atoms with Gasteiger partial charge in [0.15, 0.2) is 0 Å². The second-order valence-electron chi connectivity index (χ2n) is 3.83. The third kappa shape index (κ3) is 2.96. The predicted molar refractivity (Wildman–Crippen MR) is 75.7 cm³/mol. The van der Waals surface area contributed by atoms with Crippen LogP contribution >= 0.6 is 15.9 Å². The van der Waals surface area contributed by atoms with E-state index in [2.05, 4.69) is 33.2 Å². The highest BCUT2D eigenvalue weighted by atomic mass is 79.9. The highest BCUT2D eigenvalue weighted by Crippen LogP contribution is 2.16. The van der Waals surface area contributed by atoms with Crippen molar-refractivity contribution in [3.63, 3.8) is 0 Å². The minimum absolute atomic E-state index is 0.143. The number of aromatic nitrogens is 1. The van der Waals surface area contributed by atoms with Crippen molar-refractivity contribution in [1.82, 2.24) is 4.98 Å². The van der Waals surface area contributed by atoms with Crippen molar-refractivity contribution in [3.05, 3.63) is 58.3 Å². The molecular weight excluding hydrogens is 292 g/mol. The Balaban J connectivity index is 2.18.